The van der Waals surface area contributed by atoms with E-state index in [1.807, 2.05) is 6.92 Å². The maximum atomic E-state index is 12.7. The van der Waals surface area contributed by atoms with Crippen LogP contribution < -0.4 is 11.1 Å². The molecule has 2 atom stereocenters. The van der Waals surface area contributed by atoms with Gasteiger partial charge < -0.3 is 21.1 Å². The summed E-state index contributed by atoms with van der Waals surface area (Å²) in [5.41, 5.74) is 6.55. The third-order valence-electron chi connectivity index (χ3n) is 4.01. The van der Waals surface area contributed by atoms with Gasteiger partial charge in [-0.3, -0.25) is 9.59 Å². The molecule has 1 fully saturated rings. The summed E-state index contributed by atoms with van der Waals surface area (Å²) in [6.07, 6.45) is 2.45. The zero-order chi connectivity index (χ0) is 16.8. The maximum Gasteiger partial charge on any atom is 0.303 e. The van der Waals surface area contributed by atoms with E-state index in [-0.39, 0.29) is 24.8 Å². The highest BCUT2D eigenvalue weighted by Gasteiger charge is 2.28. The van der Waals surface area contributed by atoms with Crippen molar-refractivity contribution in [3.05, 3.63) is 11.9 Å². The number of nitrogens with one attached hydrogen (secondary N) is 1. The maximum absolute atomic E-state index is 12.7. The van der Waals surface area contributed by atoms with Gasteiger partial charge in [-0.2, -0.15) is 0 Å². The highest BCUT2D eigenvalue weighted by atomic mass is 16.4. The van der Waals surface area contributed by atoms with E-state index >= 15 is 0 Å². The first-order chi connectivity index (χ1) is 11.0. The number of hydrogen-bond acceptors (Lipinski definition) is 6. The van der Waals surface area contributed by atoms with E-state index in [0.717, 1.165) is 13.1 Å². The van der Waals surface area contributed by atoms with Crippen molar-refractivity contribution < 1.29 is 14.7 Å². The summed E-state index contributed by atoms with van der Waals surface area (Å²) in [7, 11) is 0. The molecule has 128 valence electrons. The fourth-order valence-electron chi connectivity index (χ4n) is 2.55. The Hall–Kier alpha value is -2.00. The normalized spacial score (nSPS) is 17.7. The van der Waals surface area contributed by atoms with Gasteiger partial charge >= 0.3 is 5.97 Å². The molecule has 1 aliphatic rings. The van der Waals surface area contributed by atoms with Crippen molar-refractivity contribution in [2.24, 2.45) is 5.73 Å². The largest absolute Gasteiger partial charge is 0.481 e. The first kappa shape index (κ1) is 17.4. The Balaban J connectivity index is 2.16. The van der Waals surface area contributed by atoms with Crippen molar-refractivity contribution in [3.63, 3.8) is 0 Å². The van der Waals surface area contributed by atoms with E-state index in [0.29, 0.717) is 25.2 Å². The number of carbonyl (C=O) groups excluding carboxylic acids is 1. The third kappa shape index (κ3) is 4.49. The number of hydrogen-bond donors (Lipinski definition) is 3. The number of carboxylic acid groups (broad SMARTS) is 1. The van der Waals surface area contributed by atoms with Crippen LogP contribution >= 0.6 is 0 Å². The summed E-state index contributed by atoms with van der Waals surface area (Å²) in [6, 6.07) is -0.896. The van der Waals surface area contributed by atoms with Crippen LogP contribution in [-0.2, 0) is 9.59 Å². The van der Waals surface area contributed by atoms with Crippen LogP contribution in [0.5, 0.6) is 0 Å². The molecule has 0 unspecified atom stereocenters. The monoisotopic (exact) mass is 324 g/mol. The summed E-state index contributed by atoms with van der Waals surface area (Å²) in [6.45, 7) is 4.63. The first-order valence-corrected chi connectivity index (χ1v) is 7.91. The lowest BCUT2D eigenvalue weighted by atomic mass is 10.1. The zero-order valence-electron chi connectivity index (χ0n) is 13.3. The van der Waals surface area contributed by atoms with E-state index in [1.165, 1.54) is 4.68 Å². The standard InChI is InChI=1S/C14H24N6O3/c1-2-10(15)11-9-20(18-17-11)12(3-4-13(21)22)14(23)19-7-5-16-6-8-19/h9-10,12,16H,2-8,15H2,1H3,(H,21,22)/t10-,12-/m0/s1. The van der Waals surface area contributed by atoms with Crippen LogP contribution in [0.15, 0.2) is 6.20 Å². The van der Waals surface area contributed by atoms with Crippen LogP contribution in [0.25, 0.3) is 0 Å². The van der Waals surface area contributed by atoms with Crippen LogP contribution in [0.3, 0.4) is 0 Å². The average Bonchev–Trinajstić information content (AvgIpc) is 3.04. The van der Waals surface area contributed by atoms with Gasteiger partial charge in [-0.1, -0.05) is 12.1 Å². The van der Waals surface area contributed by atoms with Gasteiger partial charge in [-0.15, -0.1) is 5.10 Å². The van der Waals surface area contributed by atoms with Crippen molar-refractivity contribution in [2.75, 3.05) is 26.2 Å². The van der Waals surface area contributed by atoms with Gasteiger partial charge in [0.15, 0.2) is 0 Å². The van der Waals surface area contributed by atoms with Gasteiger partial charge in [-0.05, 0) is 12.8 Å². The Morgan fingerprint density at radius 2 is 2.13 bits per heavy atom. The highest BCUT2D eigenvalue weighted by molar-refractivity contribution is 5.81. The highest BCUT2D eigenvalue weighted by Crippen LogP contribution is 2.19. The predicted molar refractivity (Wildman–Crippen MR) is 82.6 cm³/mol. The van der Waals surface area contributed by atoms with Crippen molar-refractivity contribution in [1.29, 1.82) is 0 Å². The second kappa shape index (κ2) is 8.02. The summed E-state index contributed by atoms with van der Waals surface area (Å²) in [5.74, 6) is -1.05. The van der Waals surface area contributed by atoms with Crippen molar-refractivity contribution >= 4 is 11.9 Å². The van der Waals surface area contributed by atoms with Crippen molar-refractivity contribution in [2.45, 2.75) is 38.3 Å². The molecule has 9 heteroatoms. The molecular formula is C14H24N6O3. The predicted octanol–water partition coefficient (Wildman–Crippen LogP) is -0.474. The number of amides is 1. The van der Waals surface area contributed by atoms with Gasteiger partial charge in [0.05, 0.1) is 17.9 Å². The summed E-state index contributed by atoms with van der Waals surface area (Å²) in [5, 5.41) is 20.1. The number of aliphatic carboxylic acids is 1. The van der Waals surface area contributed by atoms with Crippen molar-refractivity contribution in [3.8, 4) is 0 Å². The van der Waals surface area contributed by atoms with Crippen LogP contribution in [0.1, 0.15) is 44.0 Å². The number of aromatic nitrogens is 3. The molecule has 0 aliphatic carbocycles. The molecule has 0 bridgehead atoms. The Kier molecular flexibility index (Phi) is 6.05. The van der Waals surface area contributed by atoms with Crippen LogP contribution in [-0.4, -0.2) is 63.1 Å². The number of nitrogens with zero attached hydrogens (tertiary/aromatic N) is 4. The molecule has 23 heavy (non-hydrogen) atoms. The Bertz CT molecular complexity index is 540. The molecule has 0 radical (unpaired) electrons. The quantitative estimate of drug-likeness (QED) is 0.618. The Morgan fingerprint density at radius 3 is 2.74 bits per heavy atom. The summed E-state index contributed by atoms with van der Waals surface area (Å²) >= 11 is 0. The fourth-order valence-corrected chi connectivity index (χ4v) is 2.55. The molecule has 2 heterocycles. The molecule has 1 aromatic rings. The second-order valence-electron chi connectivity index (χ2n) is 5.66. The Labute approximate surface area is 134 Å². The number of carbonyl (C=O) groups is 2. The van der Waals surface area contributed by atoms with Crippen LogP contribution in [0.4, 0.5) is 0 Å². The fraction of sp³-hybridized carbons (Fsp3) is 0.714. The third-order valence-corrected chi connectivity index (χ3v) is 4.01. The molecule has 0 saturated carbocycles. The minimum absolute atomic E-state index is 0.0997. The van der Waals surface area contributed by atoms with E-state index in [2.05, 4.69) is 15.6 Å². The first-order valence-electron chi connectivity index (χ1n) is 7.91. The smallest absolute Gasteiger partial charge is 0.303 e. The van der Waals surface area contributed by atoms with Gasteiger partial charge in [0.1, 0.15) is 6.04 Å². The van der Waals surface area contributed by atoms with Gasteiger partial charge in [0, 0.05) is 32.6 Å². The lowest BCUT2D eigenvalue weighted by molar-refractivity contribution is -0.139. The second-order valence-corrected chi connectivity index (χ2v) is 5.66. The van der Waals surface area contributed by atoms with Crippen LogP contribution in [0.2, 0.25) is 0 Å². The van der Waals surface area contributed by atoms with E-state index < -0.39 is 12.0 Å². The van der Waals surface area contributed by atoms with E-state index in [9.17, 15) is 9.59 Å². The number of piperazine rings is 1. The topological polar surface area (TPSA) is 126 Å². The van der Waals surface area contributed by atoms with Crippen LogP contribution in [0, 0.1) is 0 Å². The minimum Gasteiger partial charge on any atom is -0.481 e. The Morgan fingerprint density at radius 1 is 1.43 bits per heavy atom. The molecule has 1 aliphatic heterocycles. The van der Waals surface area contributed by atoms with Crippen molar-refractivity contribution in [1.82, 2.24) is 25.2 Å². The molecule has 1 amide bonds. The lowest BCUT2D eigenvalue weighted by Crippen LogP contribution is -2.48. The molecule has 4 N–H and O–H groups in total. The zero-order valence-corrected chi connectivity index (χ0v) is 13.3. The van der Waals surface area contributed by atoms with E-state index in [1.54, 1.807) is 11.1 Å². The molecule has 2 rings (SSSR count). The van der Waals surface area contributed by atoms with Gasteiger partial charge in [0.2, 0.25) is 5.91 Å². The average molecular weight is 324 g/mol. The number of carboxylic acids is 1. The molecule has 9 nitrogen and oxygen atoms in total. The molecular weight excluding hydrogens is 300 g/mol. The van der Waals surface area contributed by atoms with Gasteiger partial charge in [-0.25, -0.2) is 4.68 Å². The SMILES string of the molecule is CC[C@H](N)c1cn([C@@H](CCC(=O)O)C(=O)N2CCNCC2)nn1. The summed E-state index contributed by atoms with van der Waals surface area (Å²) < 4.78 is 1.46. The molecule has 1 saturated heterocycles. The number of nitrogens with two attached hydrogens (primary N) is 1. The minimum atomic E-state index is -0.936. The molecule has 0 spiro atoms. The molecule has 1 aromatic heterocycles. The number of rotatable bonds is 7. The van der Waals surface area contributed by atoms with E-state index in [4.69, 9.17) is 10.8 Å². The van der Waals surface area contributed by atoms with Gasteiger partial charge in [0.25, 0.3) is 0 Å². The molecule has 0 aromatic carbocycles. The summed E-state index contributed by atoms with van der Waals surface area (Å²) in [4.78, 5) is 25.4. The lowest BCUT2D eigenvalue weighted by Gasteiger charge is -2.30.